The summed E-state index contributed by atoms with van der Waals surface area (Å²) in [6.07, 6.45) is 0. The predicted molar refractivity (Wildman–Crippen MR) is 118 cm³/mol. The molecule has 0 saturated carbocycles. The highest BCUT2D eigenvalue weighted by atomic mass is 32.2. The van der Waals surface area contributed by atoms with Gasteiger partial charge in [0.2, 0.25) is 5.91 Å². The third kappa shape index (κ3) is 7.73. The SMILES string of the molecule is COCCN(CCOC)C(=O)CSc1nnc(COc2ccccc2F)n1[C@@H](C)COC. The van der Waals surface area contributed by atoms with Crippen LogP contribution in [0, 0.1) is 5.82 Å². The summed E-state index contributed by atoms with van der Waals surface area (Å²) in [5, 5.41) is 9.01. The van der Waals surface area contributed by atoms with Gasteiger partial charge in [-0.05, 0) is 19.1 Å². The van der Waals surface area contributed by atoms with E-state index in [0.717, 1.165) is 0 Å². The Morgan fingerprint density at radius 1 is 1.12 bits per heavy atom. The molecule has 178 valence electrons. The fourth-order valence-electron chi connectivity index (χ4n) is 2.95. The van der Waals surface area contributed by atoms with Crippen LogP contribution in [0.3, 0.4) is 0 Å². The third-order valence-corrected chi connectivity index (χ3v) is 5.51. The molecule has 0 unspecified atom stereocenters. The molecule has 0 bridgehead atoms. The van der Waals surface area contributed by atoms with Crippen LogP contribution in [0.25, 0.3) is 0 Å². The predicted octanol–water partition coefficient (Wildman–Crippen LogP) is 2.42. The number of hydrogen-bond donors (Lipinski definition) is 0. The first-order valence-electron chi connectivity index (χ1n) is 10.2. The van der Waals surface area contributed by atoms with Crippen LogP contribution in [-0.4, -0.2) is 85.6 Å². The lowest BCUT2D eigenvalue weighted by atomic mass is 10.3. The van der Waals surface area contributed by atoms with E-state index in [4.69, 9.17) is 18.9 Å². The number of thioether (sulfide) groups is 1. The molecule has 1 atom stereocenters. The second-order valence-corrected chi connectivity index (χ2v) is 7.89. The number of benzene rings is 1. The van der Waals surface area contributed by atoms with Crippen LogP contribution >= 0.6 is 11.8 Å². The van der Waals surface area contributed by atoms with Crippen molar-refractivity contribution in [2.75, 3.05) is 60.0 Å². The molecule has 32 heavy (non-hydrogen) atoms. The van der Waals surface area contributed by atoms with Crippen molar-refractivity contribution in [3.8, 4) is 5.75 Å². The van der Waals surface area contributed by atoms with Crippen molar-refractivity contribution < 1.29 is 28.1 Å². The quantitative estimate of drug-likeness (QED) is 0.367. The van der Waals surface area contributed by atoms with Gasteiger partial charge in [-0.3, -0.25) is 9.36 Å². The van der Waals surface area contributed by atoms with Crippen molar-refractivity contribution in [1.82, 2.24) is 19.7 Å². The molecular formula is C21H31FN4O5S. The van der Waals surface area contributed by atoms with E-state index in [1.165, 1.54) is 17.8 Å². The van der Waals surface area contributed by atoms with Crippen molar-refractivity contribution in [1.29, 1.82) is 0 Å². The molecule has 0 aliphatic carbocycles. The summed E-state index contributed by atoms with van der Waals surface area (Å²) in [7, 11) is 4.80. The number of carbonyl (C=O) groups is 1. The van der Waals surface area contributed by atoms with Crippen molar-refractivity contribution in [3.05, 3.63) is 35.9 Å². The number of methoxy groups -OCH3 is 3. The molecule has 1 heterocycles. The molecule has 11 heteroatoms. The van der Waals surface area contributed by atoms with E-state index >= 15 is 0 Å². The lowest BCUT2D eigenvalue weighted by Gasteiger charge is -2.22. The highest BCUT2D eigenvalue weighted by Gasteiger charge is 2.21. The summed E-state index contributed by atoms with van der Waals surface area (Å²) in [6.45, 7) is 4.25. The molecular weight excluding hydrogens is 439 g/mol. The fraction of sp³-hybridized carbons (Fsp3) is 0.571. The second kappa shape index (κ2) is 14.0. The minimum Gasteiger partial charge on any atom is -0.483 e. The summed E-state index contributed by atoms with van der Waals surface area (Å²) in [5.41, 5.74) is 0. The van der Waals surface area contributed by atoms with E-state index in [-0.39, 0.29) is 30.1 Å². The van der Waals surface area contributed by atoms with Crippen LogP contribution < -0.4 is 4.74 Å². The largest absolute Gasteiger partial charge is 0.483 e. The Labute approximate surface area is 192 Å². The monoisotopic (exact) mass is 470 g/mol. The number of nitrogens with zero attached hydrogens (tertiary/aromatic N) is 4. The average molecular weight is 471 g/mol. The van der Waals surface area contributed by atoms with Gasteiger partial charge in [-0.2, -0.15) is 0 Å². The van der Waals surface area contributed by atoms with Crippen LogP contribution in [0.5, 0.6) is 5.75 Å². The second-order valence-electron chi connectivity index (χ2n) is 6.95. The number of rotatable bonds is 15. The van der Waals surface area contributed by atoms with Gasteiger partial charge in [0.25, 0.3) is 0 Å². The topological polar surface area (TPSA) is 87.9 Å². The molecule has 0 spiro atoms. The molecule has 0 aliphatic heterocycles. The number of halogens is 1. The number of amides is 1. The maximum atomic E-state index is 13.9. The molecule has 0 aliphatic rings. The minimum absolute atomic E-state index is 0.0320. The average Bonchev–Trinajstić information content (AvgIpc) is 3.20. The summed E-state index contributed by atoms with van der Waals surface area (Å²) >= 11 is 1.28. The van der Waals surface area contributed by atoms with Gasteiger partial charge in [0.05, 0.1) is 31.6 Å². The zero-order valence-corrected chi connectivity index (χ0v) is 19.8. The normalized spacial score (nSPS) is 12.0. The first-order chi connectivity index (χ1) is 15.5. The first kappa shape index (κ1) is 26.0. The number of aromatic nitrogens is 3. The molecule has 0 saturated heterocycles. The highest BCUT2D eigenvalue weighted by Crippen LogP contribution is 2.24. The van der Waals surface area contributed by atoms with Gasteiger partial charge in [-0.25, -0.2) is 4.39 Å². The molecule has 1 aromatic carbocycles. The molecule has 2 aromatic rings. The van der Waals surface area contributed by atoms with Crippen LogP contribution in [-0.2, 0) is 25.6 Å². The van der Waals surface area contributed by atoms with Crippen molar-refractivity contribution >= 4 is 17.7 Å². The van der Waals surface area contributed by atoms with E-state index < -0.39 is 5.82 Å². The Hall–Kier alpha value is -2.21. The number of ether oxygens (including phenoxy) is 4. The maximum Gasteiger partial charge on any atom is 0.233 e. The van der Waals surface area contributed by atoms with E-state index in [1.807, 2.05) is 11.5 Å². The van der Waals surface area contributed by atoms with E-state index in [2.05, 4.69) is 10.2 Å². The van der Waals surface area contributed by atoms with Crippen molar-refractivity contribution in [2.24, 2.45) is 0 Å². The lowest BCUT2D eigenvalue weighted by Crippen LogP contribution is -2.37. The summed E-state index contributed by atoms with van der Waals surface area (Å²) in [4.78, 5) is 14.4. The van der Waals surface area contributed by atoms with Gasteiger partial charge in [-0.15, -0.1) is 10.2 Å². The molecule has 1 amide bonds. The van der Waals surface area contributed by atoms with Crippen LogP contribution in [0.15, 0.2) is 29.4 Å². The summed E-state index contributed by atoms with van der Waals surface area (Å²) < 4.78 is 36.8. The molecule has 2 rings (SSSR count). The van der Waals surface area contributed by atoms with Crippen LogP contribution in [0.2, 0.25) is 0 Å². The number of para-hydroxylation sites is 1. The maximum absolute atomic E-state index is 13.9. The minimum atomic E-state index is -0.448. The number of carbonyl (C=O) groups excluding carboxylic acids is 1. The third-order valence-electron chi connectivity index (χ3n) is 4.59. The Balaban J connectivity index is 2.10. The van der Waals surface area contributed by atoms with Gasteiger partial charge in [0.15, 0.2) is 22.5 Å². The van der Waals surface area contributed by atoms with Crippen LogP contribution in [0.4, 0.5) is 4.39 Å². The van der Waals surface area contributed by atoms with E-state index in [1.54, 1.807) is 44.4 Å². The van der Waals surface area contributed by atoms with Gasteiger partial charge in [-0.1, -0.05) is 23.9 Å². The zero-order valence-electron chi connectivity index (χ0n) is 19.0. The standard InChI is InChI=1S/C21H31FN4O5S/c1-16(13-30-4)26-19(14-31-18-8-6-5-7-17(18)22)23-24-21(26)32-15-20(27)25(9-11-28-2)10-12-29-3/h5-8,16H,9-15H2,1-4H3/t16-/m0/s1. The van der Waals surface area contributed by atoms with Crippen molar-refractivity contribution in [3.63, 3.8) is 0 Å². The molecule has 9 nitrogen and oxygen atoms in total. The van der Waals surface area contributed by atoms with Gasteiger partial charge < -0.3 is 23.8 Å². The Morgan fingerprint density at radius 2 is 1.81 bits per heavy atom. The van der Waals surface area contributed by atoms with Crippen molar-refractivity contribution in [2.45, 2.75) is 24.7 Å². The van der Waals surface area contributed by atoms with E-state index in [9.17, 15) is 9.18 Å². The van der Waals surface area contributed by atoms with Gasteiger partial charge in [0, 0.05) is 34.4 Å². The Morgan fingerprint density at radius 3 is 2.44 bits per heavy atom. The Bertz CT molecular complexity index is 830. The smallest absolute Gasteiger partial charge is 0.233 e. The Kier molecular flexibility index (Phi) is 11.4. The lowest BCUT2D eigenvalue weighted by molar-refractivity contribution is -0.129. The number of hydrogen-bond acceptors (Lipinski definition) is 8. The fourth-order valence-corrected chi connectivity index (χ4v) is 3.91. The zero-order chi connectivity index (χ0) is 23.3. The molecule has 0 radical (unpaired) electrons. The van der Waals surface area contributed by atoms with E-state index in [0.29, 0.717) is 43.9 Å². The highest BCUT2D eigenvalue weighted by molar-refractivity contribution is 7.99. The first-order valence-corrected chi connectivity index (χ1v) is 11.2. The molecule has 1 aromatic heterocycles. The summed E-state index contributed by atoms with van der Waals surface area (Å²) in [5.74, 6) is 0.332. The molecule has 0 fully saturated rings. The van der Waals surface area contributed by atoms with Crippen LogP contribution in [0.1, 0.15) is 18.8 Å². The van der Waals surface area contributed by atoms with Gasteiger partial charge >= 0.3 is 0 Å². The van der Waals surface area contributed by atoms with Gasteiger partial charge in [0.1, 0.15) is 6.61 Å². The summed E-state index contributed by atoms with van der Waals surface area (Å²) in [6, 6.07) is 6.07. The molecule has 0 N–H and O–H groups in total.